The van der Waals surface area contributed by atoms with Crippen LogP contribution in [0.25, 0.3) is 10.2 Å². The molecule has 2 heterocycles. The van der Waals surface area contributed by atoms with Crippen LogP contribution in [-0.2, 0) is 6.61 Å². The van der Waals surface area contributed by atoms with E-state index in [0.717, 1.165) is 18.8 Å². The molecule has 3 nitrogen and oxygen atoms in total. The second-order valence-corrected chi connectivity index (χ2v) is 4.29. The predicted molar refractivity (Wildman–Crippen MR) is 52.6 cm³/mol. The van der Waals surface area contributed by atoms with Gasteiger partial charge in [0.1, 0.15) is 3.70 Å². The summed E-state index contributed by atoms with van der Waals surface area (Å²) in [4.78, 5) is 0.978. The quantitative estimate of drug-likeness (QED) is 0.781. The van der Waals surface area contributed by atoms with Crippen molar-refractivity contribution in [2.75, 3.05) is 0 Å². The summed E-state index contributed by atoms with van der Waals surface area (Å²) in [5, 5.41) is 15.7. The van der Waals surface area contributed by atoms with Crippen LogP contribution in [0.1, 0.15) is 4.88 Å². The lowest BCUT2D eigenvalue weighted by Crippen LogP contribution is -1.73. The predicted octanol–water partition coefficient (Wildman–Crippen LogP) is 1.72. The van der Waals surface area contributed by atoms with E-state index in [1.165, 1.54) is 0 Å². The van der Waals surface area contributed by atoms with Crippen molar-refractivity contribution in [3.63, 3.8) is 0 Å². The third-order valence-corrected chi connectivity index (χ3v) is 3.67. The third-order valence-electron chi connectivity index (χ3n) is 1.40. The number of nitrogens with one attached hydrogen (secondary N) is 1. The molecular weight excluding hydrogens is 275 g/mol. The van der Waals surface area contributed by atoms with Gasteiger partial charge >= 0.3 is 0 Å². The zero-order chi connectivity index (χ0) is 7.84. The monoisotopic (exact) mass is 280 g/mol. The highest BCUT2D eigenvalue weighted by atomic mass is 127. The Kier molecular flexibility index (Phi) is 1.86. The molecule has 5 heteroatoms. The maximum absolute atomic E-state index is 8.82. The summed E-state index contributed by atoms with van der Waals surface area (Å²) in [7, 11) is 0. The standard InChI is InChI=1S/C6H5IN2OS/c7-6-5-4(8-9-6)1-3(2-10)11-5/h1,10H,2H2,(H,8,9). The molecule has 0 amide bonds. The second-order valence-electron chi connectivity index (χ2n) is 2.13. The second kappa shape index (κ2) is 2.72. The lowest BCUT2D eigenvalue weighted by molar-refractivity contribution is 0.285. The number of hydrogen-bond donors (Lipinski definition) is 2. The lowest BCUT2D eigenvalue weighted by Gasteiger charge is -1.81. The van der Waals surface area contributed by atoms with Gasteiger partial charge in [0, 0.05) is 4.88 Å². The van der Waals surface area contributed by atoms with E-state index in [2.05, 4.69) is 32.8 Å². The number of hydrogen-bond acceptors (Lipinski definition) is 3. The van der Waals surface area contributed by atoms with E-state index >= 15 is 0 Å². The SMILES string of the molecule is OCc1cc2[nH]nc(I)c2s1. The summed E-state index contributed by atoms with van der Waals surface area (Å²) in [6, 6.07) is 1.93. The molecule has 0 aromatic carbocycles. The Bertz CT molecular complexity index is 381. The van der Waals surface area contributed by atoms with Crippen LogP contribution in [0, 0.1) is 3.70 Å². The normalized spacial score (nSPS) is 11.1. The fraction of sp³-hybridized carbons (Fsp3) is 0.167. The van der Waals surface area contributed by atoms with Crippen molar-refractivity contribution in [3.8, 4) is 0 Å². The van der Waals surface area contributed by atoms with Gasteiger partial charge in [0.25, 0.3) is 0 Å². The molecule has 0 aliphatic carbocycles. The van der Waals surface area contributed by atoms with Crippen LogP contribution in [0.15, 0.2) is 6.07 Å². The summed E-state index contributed by atoms with van der Waals surface area (Å²) in [6.45, 7) is 0.114. The van der Waals surface area contributed by atoms with Crippen molar-refractivity contribution < 1.29 is 5.11 Å². The van der Waals surface area contributed by atoms with Crippen LogP contribution in [0.2, 0.25) is 0 Å². The van der Waals surface area contributed by atoms with Crippen molar-refractivity contribution in [2.24, 2.45) is 0 Å². The van der Waals surface area contributed by atoms with Crippen LogP contribution < -0.4 is 0 Å². The van der Waals surface area contributed by atoms with Gasteiger partial charge < -0.3 is 5.11 Å². The van der Waals surface area contributed by atoms with E-state index in [9.17, 15) is 0 Å². The fourth-order valence-electron chi connectivity index (χ4n) is 0.916. The van der Waals surface area contributed by atoms with Gasteiger partial charge in [-0.2, -0.15) is 5.10 Å². The maximum Gasteiger partial charge on any atom is 0.140 e. The van der Waals surface area contributed by atoms with Gasteiger partial charge in [-0.05, 0) is 28.7 Å². The number of halogens is 1. The molecule has 2 N–H and O–H groups in total. The Morgan fingerprint density at radius 3 is 3.18 bits per heavy atom. The number of aliphatic hydroxyl groups excluding tert-OH is 1. The van der Waals surface area contributed by atoms with Gasteiger partial charge in [-0.3, -0.25) is 5.10 Å². The summed E-state index contributed by atoms with van der Waals surface area (Å²) < 4.78 is 2.11. The Hall–Kier alpha value is -0.140. The molecule has 58 valence electrons. The zero-order valence-corrected chi connectivity index (χ0v) is 8.44. The third kappa shape index (κ3) is 1.17. The van der Waals surface area contributed by atoms with Crippen LogP contribution in [0.4, 0.5) is 0 Å². The first-order valence-electron chi connectivity index (χ1n) is 3.04. The van der Waals surface area contributed by atoms with Crippen molar-refractivity contribution >= 4 is 44.1 Å². The number of aromatic nitrogens is 2. The lowest BCUT2D eigenvalue weighted by atomic mass is 10.4. The van der Waals surface area contributed by atoms with Crippen molar-refractivity contribution in [1.82, 2.24) is 10.2 Å². The largest absolute Gasteiger partial charge is 0.391 e. The van der Waals surface area contributed by atoms with E-state index in [1.807, 2.05) is 6.07 Å². The Morgan fingerprint density at radius 2 is 2.55 bits per heavy atom. The Labute approximate surface area is 80.6 Å². The van der Waals surface area contributed by atoms with Gasteiger partial charge in [-0.15, -0.1) is 11.3 Å². The summed E-state index contributed by atoms with van der Waals surface area (Å²) in [5.74, 6) is 0. The zero-order valence-electron chi connectivity index (χ0n) is 5.47. The molecule has 0 radical (unpaired) electrons. The van der Waals surface area contributed by atoms with Gasteiger partial charge in [0.2, 0.25) is 0 Å². The number of fused-ring (bicyclic) bond motifs is 1. The smallest absolute Gasteiger partial charge is 0.140 e. The average Bonchev–Trinajstić information content (AvgIpc) is 2.53. The van der Waals surface area contributed by atoms with Crippen LogP contribution in [0.5, 0.6) is 0 Å². The summed E-state index contributed by atoms with van der Waals surface area (Å²) in [6.07, 6.45) is 0. The Balaban J connectivity index is 2.70. The number of nitrogens with zero attached hydrogens (tertiary/aromatic N) is 1. The number of rotatable bonds is 1. The highest BCUT2D eigenvalue weighted by molar-refractivity contribution is 14.1. The first kappa shape index (κ1) is 7.51. The van der Waals surface area contributed by atoms with Gasteiger partial charge in [0.15, 0.2) is 0 Å². The molecule has 2 aromatic heterocycles. The molecule has 0 saturated carbocycles. The topological polar surface area (TPSA) is 48.9 Å². The first-order valence-corrected chi connectivity index (χ1v) is 4.94. The minimum Gasteiger partial charge on any atom is -0.391 e. The number of H-pyrrole nitrogens is 1. The maximum atomic E-state index is 8.82. The van der Waals surface area contributed by atoms with Crippen molar-refractivity contribution in [1.29, 1.82) is 0 Å². The molecule has 2 rings (SSSR count). The van der Waals surface area contributed by atoms with Gasteiger partial charge in [-0.1, -0.05) is 0 Å². The van der Waals surface area contributed by atoms with E-state index < -0.39 is 0 Å². The van der Waals surface area contributed by atoms with Crippen LogP contribution in [-0.4, -0.2) is 15.3 Å². The molecule has 0 bridgehead atoms. The minimum atomic E-state index is 0.114. The number of aromatic amines is 1. The van der Waals surface area contributed by atoms with Crippen molar-refractivity contribution in [2.45, 2.75) is 6.61 Å². The molecule has 0 fully saturated rings. The minimum absolute atomic E-state index is 0.114. The molecule has 0 aliphatic rings. The Morgan fingerprint density at radius 1 is 1.73 bits per heavy atom. The van der Waals surface area contributed by atoms with E-state index in [1.54, 1.807) is 11.3 Å². The number of thiophene rings is 1. The van der Waals surface area contributed by atoms with Crippen molar-refractivity contribution in [3.05, 3.63) is 14.6 Å². The molecule has 0 spiro atoms. The summed E-state index contributed by atoms with van der Waals surface area (Å²) >= 11 is 3.75. The van der Waals surface area contributed by atoms with E-state index in [-0.39, 0.29) is 6.61 Å². The first-order chi connectivity index (χ1) is 5.31. The molecule has 0 aliphatic heterocycles. The molecule has 0 atom stereocenters. The molecule has 0 unspecified atom stereocenters. The van der Waals surface area contributed by atoms with Crippen LogP contribution in [0.3, 0.4) is 0 Å². The van der Waals surface area contributed by atoms with E-state index in [4.69, 9.17) is 5.11 Å². The van der Waals surface area contributed by atoms with Gasteiger partial charge in [0.05, 0.1) is 16.8 Å². The van der Waals surface area contributed by atoms with Gasteiger partial charge in [-0.25, -0.2) is 0 Å². The average molecular weight is 280 g/mol. The van der Waals surface area contributed by atoms with E-state index in [0.29, 0.717) is 0 Å². The molecule has 11 heavy (non-hydrogen) atoms. The highest BCUT2D eigenvalue weighted by Crippen LogP contribution is 2.27. The molecule has 0 saturated heterocycles. The molecular formula is C6H5IN2OS. The summed E-state index contributed by atoms with van der Waals surface area (Å²) in [5.41, 5.74) is 1.02. The number of aliphatic hydroxyl groups is 1. The van der Waals surface area contributed by atoms with Crippen LogP contribution >= 0.6 is 33.9 Å². The fourth-order valence-corrected chi connectivity index (χ4v) is 2.51. The highest BCUT2D eigenvalue weighted by Gasteiger charge is 2.06. The molecule has 2 aromatic rings.